The second-order valence-electron chi connectivity index (χ2n) is 3.55. The number of ketones is 1. The van der Waals surface area contributed by atoms with Gasteiger partial charge in [-0.2, -0.15) is 11.8 Å². The second kappa shape index (κ2) is 5.16. The van der Waals surface area contributed by atoms with Crippen molar-refractivity contribution in [3.8, 4) is 0 Å². The van der Waals surface area contributed by atoms with Gasteiger partial charge in [-0.3, -0.25) is 4.79 Å². The zero-order valence-electron chi connectivity index (χ0n) is 8.72. The summed E-state index contributed by atoms with van der Waals surface area (Å²) in [6.45, 7) is 0. The van der Waals surface area contributed by atoms with Crippen molar-refractivity contribution < 1.29 is 14.3 Å². The van der Waals surface area contributed by atoms with E-state index in [2.05, 4.69) is 0 Å². The van der Waals surface area contributed by atoms with E-state index in [0.29, 0.717) is 17.7 Å². The Kier molecular flexibility index (Phi) is 3.62. The lowest BCUT2D eigenvalue weighted by atomic mass is 10.2. The number of thioether (sulfide) groups is 1. The molecule has 0 spiro atoms. The summed E-state index contributed by atoms with van der Waals surface area (Å²) in [5, 5.41) is 0. The summed E-state index contributed by atoms with van der Waals surface area (Å²) in [7, 11) is 0. The van der Waals surface area contributed by atoms with Gasteiger partial charge in [0.25, 0.3) is 0 Å². The SMILES string of the molecule is O=C(OC1CSCCC1=O)c1ccccc1. The molecule has 1 aliphatic heterocycles. The van der Waals surface area contributed by atoms with Crippen LogP contribution in [-0.4, -0.2) is 29.4 Å². The molecule has 1 aromatic rings. The van der Waals surface area contributed by atoms with Gasteiger partial charge in [0.2, 0.25) is 0 Å². The molecule has 3 nitrogen and oxygen atoms in total. The predicted octanol–water partition coefficient (Wildman–Crippen LogP) is 1.92. The van der Waals surface area contributed by atoms with E-state index >= 15 is 0 Å². The first-order chi connectivity index (χ1) is 7.77. The van der Waals surface area contributed by atoms with Gasteiger partial charge in [0, 0.05) is 17.9 Å². The molecule has 0 amide bonds. The standard InChI is InChI=1S/C12H12O3S/c13-10-6-7-16-8-11(10)15-12(14)9-4-2-1-3-5-9/h1-5,11H,6-8H2. The predicted molar refractivity (Wildman–Crippen MR) is 62.6 cm³/mol. The topological polar surface area (TPSA) is 43.4 Å². The van der Waals surface area contributed by atoms with Gasteiger partial charge in [-0.25, -0.2) is 4.79 Å². The average Bonchev–Trinajstić information content (AvgIpc) is 2.33. The van der Waals surface area contributed by atoms with E-state index < -0.39 is 12.1 Å². The summed E-state index contributed by atoms with van der Waals surface area (Å²) in [4.78, 5) is 23.1. The van der Waals surface area contributed by atoms with Crippen molar-refractivity contribution in [3.05, 3.63) is 35.9 Å². The molecular weight excluding hydrogens is 224 g/mol. The van der Waals surface area contributed by atoms with Crippen LogP contribution in [0.4, 0.5) is 0 Å². The Morgan fingerprint density at radius 2 is 2.06 bits per heavy atom. The summed E-state index contributed by atoms with van der Waals surface area (Å²) in [5.41, 5.74) is 0.492. The van der Waals surface area contributed by atoms with E-state index in [0.717, 1.165) is 5.75 Å². The maximum atomic E-state index is 11.7. The van der Waals surface area contributed by atoms with E-state index in [1.807, 2.05) is 6.07 Å². The number of ether oxygens (including phenoxy) is 1. The number of hydrogen-bond donors (Lipinski definition) is 0. The monoisotopic (exact) mass is 236 g/mol. The maximum absolute atomic E-state index is 11.7. The Balaban J connectivity index is 1.99. The lowest BCUT2D eigenvalue weighted by molar-refractivity contribution is -0.126. The largest absolute Gasteiger partial charge is 0.450 e. The number of rotatable bonds is 2. The van der Waals surface area contributed by atoms with Crippen LogP contribution in [0.1, 0.15) is 16.8 Å². The Labute approximate surface area is 98.2 Å². The molecule has 84 valence electrons. The Hall–Kier alpha value is -1.29. The Morgan fingerprint density at radius 3 is 2.75 bits per heavy atom. The van der Waals surface area contributed by atoms with E-state index in [1.165, 1.54) is 0 Å². The minimum absolute atomic E-state index is 0.0306. The van der Waals surface area contributed by atoms with E-state index in [4.69, 9.17) is 4.74 Å². The molecule has 1 atom stereocenters. The van der Waals surface area contributed by atoms with Crippen molar-refractivity contribution in [3.63, 3.8) is 0 Å². The van der Waals surface area contributed by atoms with Crippen LogP contribution in [0.15, 0.2) is 30.3 Å². The van der Waals surface area contributed by atoms with E-state index in [-0.39, 0.29) is 5.78 Å². The molecule has 1 heterocycles. The molecule has 1 fully saturated rings. The number of benzene rings is 1. The first-order valence-corrected chi connectivity index (χ1v) is 6.29. The van der Waals surface area contributed by atoms with Gasteiger partial charge in [-0.05, 0) is 12.1 Å². The van der Waals surface area contributed by atoms with Crippen molar-refractivity contribution in [2.75, 3.05) is 11.5 Å². The van der Waals surface area contributed by atoms with Crippen LogP contribution in [0.3, 0.4) is 0 Å². The summed E-state index contributed by atoms with van der Waals surface area (Å²) < 4.78 is 5.18. The molecule has 16 heavy (non-hydrogen) atoms. The molecule has 1 unspecified atom stereocenters. The fourth-order valence-electron chi connectivity index (χ4n) is 1.49. The molecule has 2 rings (SSSR count). The molecule has 0 aliphatic carbocycles. The summed E-state index contributed by atoms with van der Waals surface area (Å²) >= 11 is 1.65. The van der Waals surface area contributed by atoms with Crippen LogP contribution in [0.2, 0.25) is 0 Å². The summed E-state index contributed by atoms with van der Waals surface area (Å²) in [5.74, 6) is 1.03. The van der Waals surface area contributed by atoms with Gasteiger partial charge in [0.1, 0.15) is 0 Å². The van der Waals surface area contributed by atoms with Gasteiger partial charge in [-0.1, -0.05) is 18.2 Å². The lowest BCUT2D eigenvalue weighted by Crippen LogP contribution is -2.33. The third kappa shape index (κ3) is 2.64. The Bertz CT molecular complexity index is 389. The molecule has 0 N–H and O–H groups in total. The third-order valence-corrected chi connectivity index (χ3v) is 3.41. The molecule has 0 aromatic heterocycles. The number of esters is 1. The minimum atomic E-state index is -0.563. The van der Waals surface area contributed by atoms with Crippen molar-refractivity contribution in [2.24, 2.45) is 0 Å². The molecular formula is C12H12O3S. The van der Waals surface area contributed by atoms with Crippen LogP contribution in [0, 0.1) is 0 Å². The van der Waals surface area contributed by atoms with Crippen molar-refractivity contribution >= 4 is 23.5 Å². The van der Waals surface area contributed by atoms with Gasteiger partial charge in [0.15, 0.2) is 11.9 Å². The van der Waals surface area contributed by atoms with E-state index in [9.17, 15) is 9.59 Å². The van der Waals surface area contributed by atoms with Gasteiger partial charge in [0.05, 0.1) is 5.56 Å². The number of carbonyl (C=O) groups is 2. The summed E-state index contributed by atoms with van der Waals surface area (Å²) in [6, 6.07) is 8.74. The molecule has 1 saturated heterocycles. The quantitative estimate of drug-likeness (QED) is 0.736. The third-order valence-electron chi connectivity index (χ3n) is 2.38. The second-order valence-corrected chi connectivity index (χ2v) is 4.70. The van der Waals surface area contributed by atoms with Crippen molar-refractivity contribution in [1.82, 2.24) is 0 Å². The Morgan fingerprint density at radius 1 is 1.31 bits per heavy atom. The van der Waals surface area contributed by atoms with Crippen molar-refractivity contribution in [2.45, 2.75) is 12.5 Å². The fourth-order valence-corrected chi connectivity index (χ4v) is 2.47. The van der Waals surface area contributed by atoms with Crippen LogP contribution in [0.25, 0.3) is 0 Å². The summed E-state index contributed by atoms with van der Waals surface area (Å²) in [6.07, 6.45) is -0.0660. The molecule has 0 bridgehead atoms. The number of carbonyl (C=O) groups excluding carboxylic acids is 2. The highest BCUT2D eigenvalue weighted by Gasteiger charge is 2.26. The van der Waals surface area contributed by atoms with Crippen molar-refractivity contribution in [1.29, 1.82) is 0 Å². The zero-order chi connectivity index (χ0) is 11.4. The van der Waals surface area contributed by atoms with Gasteiger partial charge in [-0.15, -0.1) is 0 Å². The van der Waals surface area contributed by atoms with Crippen LogP contribution >= 0.6 is 11.8 Å². The molecule has 0 saturated carbocycles. The van der Waals surface area contributed by atoms with Crippen LogP contribution < -0.4 is 0 Å². The smallest absolute Gasteiger partial charge is 0.338 e. The van der Waals surface area contributed by atoms with Crippen LogP contribution in [-0.2, 0) is 9.53 Å². The molecule has 4 heteroatoms. The fraction of sp³-hybridized carbons (Fsp3) is 0.333. The molecule has 0 radical (unpaired) electrons. The van der Waals surface area contributed by atoms with Gasteiger partial charge < -0.3 is 4.74 Å². The van der Waals surface area contributed by atoms with Gasteiger partial charge >= 0.3 is 5.97 Å². The first kappa shape index (κ1) is 11.2. The normalized spacial score (nSPS) is 20.5. The highest BCUT2D eigenvalue weighted by atomic mass is 32.2. The molecule has 1 aliphatic rings. The number of Topliss-reactive ketones (excluding diaryl/α,β-unsaturated/α-hetero) is 1. The number of hydrogen-bond acceptors (Lipinski definition) is 4. The van der Waals surface area contributed by atoms with Crippen LogP contribution in [0.5, 0.6) is 0 Å². The highest BCUT2D eigenvalue weighted by molar-refractivity contribution is 7.99. The minimum Gasteiger partial charge on any atom is -0.450 e. The maximum Gasteiger partial charge on any atom is 0.338 e. The van der Waals surface area contributed by atoms with E-state index in [1.54, 1.807) is 36.0 Å². The zero-order valence-corrected chi connectivity index (χ0v) is 9.53. The lowest BCUT2D eigenvalue weighted by Gasteiger charge is -2.20. The first-order valence-electron chi connectivity index (χ1n) is 5.14. The average molecular weight is 236 g/mol. The highest BCUT2D eigenvalue weighted by Crippen LogP contribution is 2.18. The molecule has 1 aromatic carbocycles.